The number of benzene rings is 2. The highest BCUT2D eigenvalue weighted by Crippen LogP contribution is 2.20. The number of nitrogens with zero attached hydrogens (tertiary/aromatic N) is 2. The first kappa shape index (κ1) is 21.3. The number of halogens is 2. The van der Waals surface area contributed by atoms with E-state index in [1.165, 1.54) is 11.0 Å². The van der Waals surface area contributed by atoms with Crippen molar-refractivity contribution in [1.29, 1.82) is 0 Å². The summed E-state index contributed by atoms with van der Waals surface area (Å²) in [5, 5.41) is 3.38. The van der Waals surface area contributed by atoms with E-state index in [-0.39, 0.29) is 30.9 Å². The number of carbonyl (C=O) groups excluding carboxylic acids is 2. The molecule has 0 spiro atoms. The van der Waals surface area contributed by atoms with Crippen LogP contribution >= 0.6 is 11.6 Å². The Morgan fingerprint density at radius 1 is 1.14 bits per heavy atom. The van der Waals surface area contributed by atoms with Crippen molar-refractivity contribution < 1.29 is 14.0 Å². The van der Waals surface area contributed by atoms with Crippen molar-refractivity contribution in [3.05, 3.63) is 70.5 Å². The number of piperidine rings is 1. The first-order chi connectivity index (χ1) is 13.9. The number of rotatable bonds is 6. The zero-order chi connectivity index (χ0) is 20.8. The third kappa shape index (κ3) is 5.78. The molecule has 0 saturated carbocycles. The Labute approximate surface area is 175 Å². The van der Waals surface area contributed by atoms with Crippen molar-refractivity contribution >= 4 is 23.4 Å². The summed E-state index contributed by atoms with van der Waals surface area (Å²) in [5.41, 5.74) is 0.978. The van der Waals surface area contributed by atoms with Gasteiger partial charge in [0.05, 0.1) is 6.54 Å². The number of hydrogen-bond acceptors (Lipinski definition) is 3. The smallest absolute Gasteiger partial charge is 0.251 e. The fourth-order valence-corrected chi connectivity index (χ4v) is 3.64. The van der Waals surface area contributed by atoms with E-state index in [1.54, 1.807) is 31.3 Å². The molecule has 1 fully saturated rings. The Bertz CT molecular complexity index is 834. The van der Waals surface area contributed by atoms with E-state index in [0.717, 1.165) is 25.9 Å². The monoisotopic (exact) mass is 417 g/mol. The third-order valence-corrected chi connectivity index (χ3v) is 5.55. The average molecular weight is 418 g/mol. The molecule has 1 aliphatic heterocycles. The van der Waals surface area contributed by atoms with Crippen molar-refractivity contribution in [2.24, 2.45) is 0 Å². The molecule has 0 atom stereocenters. The van der Waals surface area contributed by atoms with Crippen molar-refractivity contribution in [3.63, 3.8) is 0 Å². The molecule has 0 aromatic heterocycles. The van der Waals surface area contributed by atoms with Gasteiger partial charge in [0.15, 0.2) is 0 Å². The van der Waals surface area contributed by atoms with Crippen LogP contribution in [0.1, 0.15) is 28.8 Å². The number of amides is 2. The molecule has 2 aromatic rings. The maximum absolute atomic E-state index is 13.9. The minimum Gasteiger partial charge on any atom is -0.349 e. The lowest BCUT2D eigenvalue weighted by Gasteiger charge is -2.33. The summed E-state index contributed by atoms with van der Waals surface area (Å²) in [6, 6.07) is 13.8. The van der Waals surface area contributed by atoms with Gasteiger partial charge in [0.1, 0.15) is 5.82 Å². The van der Waals surface area contributed by atoms with Crippen molar-refractivity contribution in [3.8, 4) is 0 Å². The van der Waals surface area contributed by atoms with Gasteiger partial charge in [-0.3, -0.25) is 14.5 Å². The number of likely N-dealkylation sites (N-methyl/N-ethyl adjacent to an activating group) is 1. The van der Waals surface area contributed by atoms with Crippen LogP contribution in [-0.4, -0.2) is 54.3 Å². The Morgan fingerprint density at radius 3 is 2.48 bits per heavy atom. The molecule has 29 heavy (non-hydrogen) atoms. The van der Waals surface area contributed by atoms with Crippen LogP contribution in [0.5, 0.6) is 0 Å². The second-order valence-electron chi connectivity index (χ2n) is 7.34. The molecule has 0 bridgehead atoms. The molecule has 2 aromatic carbocycles. The van der Waals surface area contributed by atoms with Crippen LogP contribution in [-0.2, 0) is 11.3 Å². The van der Waals surface area contributed by atoms with Crippen LogP contribution in [0.2, 0.25) is 5.02 Å². The highest BCUT2D eigenvalue weighted by Gasteiger charge is 2.24. The highest BCUT2D eigenvalue weighted by molar-refractivity contribution is 6.31. The summed E-state index contributed by atoms with van der Waals surface area (Å²) in [6.45, 7) is 1.84. The summed E-state index contributed by atoms with van der Waals surface area (Å²) < 4.78 is 13.9. The van der Waals surface area contributed by atoms with E-state index in [2.05, 4.69) is 10.2 Å². The Morgan fingerprint density at radius 2 is 1.83 bits per heavy atom. The first-order valence-corrected chi connectivity index (χ1v) is 10.1. The molecule has 0 aliphatic carbocycles. The zero-order valence-electron chi connectivity index (χ0n) is 16.4. The lowest BCUT2D eigenvalue weighted by Crippen LogP contribution is -2.47. The summed E-state index contributed by atoms with van der Waals surface area (Å²) >= 11 is 6.05. The van der Waals surface area contributed by atoms with E-state index >= 15 is 0 Å². The van der Waals surface area contributed by atoms with Gasteiger partial charge >= 0.3 is 0 Å². The van der Waals surface area contributed by atoms with Gasteiger partial charge in [-0.25, -0.2) is 4.39 Å². The van der Waals surface area contributed by atoms with Gasteiger partial charge in [-0.1, -0.05) is 35.9 Å². The van der Waals surface area contributed by atoms with E-state index in [4.69, 9.17) is 11.6 Å². The number of likely N-dealkylation sites (tertiary alicyclic amines) is 1. The van der Waals surface area contributed by atoms with Crippen LogP contribution in [0, 0.1) is 5.82 Å². The van der Waals surface area contributed by atoms with Gasteiger partial charge in [0.25, 0.3) is 5.91 Å². The molecule has 1 N–H and O–H groups in total. The van der Waals surface area contributed by atoms with Gasteiger partial charge in [-0.05, 0) is 37.1 Å². The van der Waals surface area contributed by atoms with Crippen LogP contribution in [0.3, 0.4) is 0 Å². The fourth-order valence-electron chi connectivity index (χ4n) is 3.41. The SMILES string of the molecule is CN(Cc1c(F)cccc1Cl)C(=O)CN1CCC(NC(=O)c2ccccc2)CC1. The summed E-state index contributed by atoms with van der Waals surface area (Å²) in [7, 11) is 1.65. The Kier molecular flexibility index (Phi) is 7.23. The lowest BCUT2D eigenvalue weighted by atomic mass is 10.0. The third-order valence-electron chi connectivity index (χ3n) is 5.20. The second-order valence-corrected chi connectivity index (χ2v) is 7.75. The molecule has 0 unspecified atom stereocenters. The predicted octanol–water partition coefficient (Wildman–Crippen LogP) is 3.33. The van der Waals surface area contributed by atoms with Crippen LogP contribution in [0.15, 0.2) is 48.5 Å². The number of hydrogen-bond donors (Lipinski definition) is 1. The molecule has 2 amide bonds. The van der Waals surface area contributed by atoms with Gasteiger partial charge in [-0.2, -0.15) is 0 Å². The maximum Gasteiger partial charge on any atom is 0.251 e. The topological polar surface area (TPSA) is 52.7 Å². The molecule has 1 heterocycles. The standard InChI is InChI=1S/C22H25ClFN3O2/c1-26(14-18-19(23)8-5-9-20(18)24)21(28)15-27-12-10-17(11-13-27)25-22(29)16-6-3-2-4-7-16/h2-9,17H,10-15H2,1H3,(H,25,29). The fraction of sp³-hybridized carbons (Fsp3) is 0.364. The molecule has 5 nitrogen and oxygen atoms in total. The molecule has 0 radical (unpaired) electrons. The molecular formula is C22H25ClFN3O2. The van der Waals surface area contributed by atoms with Crippen LogP contribution in [0.4, 0.5) is 4.39 Å². The molecule has 154 valence electrons. The zero-order valence-corrected chi connectivity index (χ0v) is 17.2. The lowest BCUT2D eigenvalue weighted by molar-refractivity contribution is -0.132. The molecule has 3 rings (SSSR count). The number of carbonyl (C=O) groups is 2. The molecule has 1 aliphatic rings. The van der Waals surface area contributed by atoms with Gasteiger partial charge in [-0.15, -0.1) is 0 Å². The van der Waals surface area contributed by atoms with E-state index in [0.29, 0.717) is 16.1 Å². The van der Waals surface area contributed by atoms with Crippen LogP contribution < -0.4 is 5.32 Å². The largest absolute Gasteiger partial charge is 0.349 e. The predicted molar refractivity (Wildman–Crippen MR) is 111 cm³/mol. The summed E-state index contributed by atoms with van der Waals surface area (Å²) in [5.74, 6) is -0.565. The summed E-state index contributed by atoms with van der Waals surface area (Å²) in [6.07, 6.45) is 1.57. The molecular weight excluding hydrogens is 393 g/mol. The first-order valence-electron chi connectivity index (χ1n) is 9.69. The average Bonchev–Trinajstić information content (AvgIpc) is 2.72. The molecule has 7 heteroatoms. The van der Waals surface area contributed by atoms with E-state index in [1.807, 2.05) is 18.2 Å². The summed E-state index contributed by atoms with van der Waals surface area (Å²) in [4.78, 5) is 28.4. The number of nitrogens with one attached hydrogen (secondary N) is 1. The minimum absolute atomic E-state index is 0.0679. The highest BCUT2D eigenvalue weighted by atomic mass is 35.5. The Balaban J connectivity index is 1.45. The molecule has 1 saturated heterocycles. The van der Waals surface area contributed by atoms with Gasteiger partial charge < -0.3 is 10.2 Å². The van der Waals surface area contributed by atoms with Gasteiger partial charge in [0, 0.05) is 48.9 Å². The van der Waals surface area contributed by atoms with Gasteiger partial charge in [0.2, 0.25) is 5.91 Å². The van der Waals surface area contributed by atoms with E-state index in [9.17, 15) is 14.0 Å². The van der Waals surface area contributed by atoms with Crippen molar-refractivity contribution in [1.82, 2.24) is 15.1 Å². The van der Waals surface area contributed by atoms with Crippen molar-refractivity contribution in [2.45, 2.75) is 25.4 Å². The van der Waals surface area contributed by atoms with E-state index < -0.39 is 5.82 Å². The quantitative estimate of drug-likeness (QED) is 0.784. The van der Waals surface area contributed by atoms with Crippen LogP contribution in [0.25, 0.3) is 0 Å². The second kappa shape index (κ2) is 9.85. The minimum atomic E-state index is -0.410. The maximum atomic E-state index is 13.9. The normalized spacial score (nSPS) is 15.1. The Hall–Kier alpha value is -2.44. The van der Waals surface area contributed by atoms with Crippen molar-refractivity contribution in [2.75, 3.05) is 26.7 Å².